The van der Waals surface area contributed by atoms with Crippen molar-refractivity contribution in [1.82, 2.24) is 0 Å². The van der Waals surface area contributed by atoms with Crippen LogP contribution in [-0.2, 0) is 16.2 Å². The smallest absolute Gasteiger partial charge is 0.135 e. The fourth-order valence-corrected chi connectivity index (χ4v) is 13.7. The number of anilines is 2. The van der Waals surface area contributed by atoms with Crippen molar-refractivity contribution in [3.8, 4) is 16.9 Å². The predicted octanol–water partition coefficient (Wildman–Crippen LogP) is 15.3. The molecule has 6 aliphatic rings. The van der Waals surface area contributed by atoms with Gasteiger partial charge in [0.1, 0.15) is 11.9 Å². The largest absolute Gasteiger partial charge is 0.486 e. The molecule has 13 rings (SSSR count). The average Bonchev–Trinajstić information content (AvgIpc) is 3.99. The molecule has 5 aliphatic carbocycles. The van der Waals surface area contributed by atoms with Crippen LogP contribution in [0.3, 0.4) is 0 Å². The van der Waals surface area contributed by atoms with Crippen molar-refractivity contribution in [3.05, 3.63) is 274 Å². The van der Waals surface area contributed by atoms with Crippen LogP contribution < -0.4 is 9.64 Å². The summed E-state index contributed by atoms with van der Waals surface area (Å²) in [5, 5.41) is 0. The molecule has 320 valence electrons. The Bertz CT molecular complexity index is 3160. The average molecular weight is 852 g/mol. The number of rotatable bonds is 7. The molecule has 0 amide bonds. The van der Waals surface area contributed by atoms with Gasteiger partial charge in [0.15, 0.2) is 0 Å². The molecule has 3 atom stereocenters. The molecule has 0 N–H and O–H groups in total. The topological polar surface area (TPSA) is 12.5 Å². The third-order valence-corrected chi connectivity index (χ3v) is 16.2. The summed E-state index contributed by atoms with van der Waals surface area (Å²) >= 11 is 0. The minimum Gasteiger partial charge on any atom is -0.486 e. The van der Waals surface area contributed by atoms with Crippen molar-refractivity contribution in [2.75, 3.05) is 4.90 Å². The first-order chi connectivity index (χ1) is 32.5. The molecule has 0 aromatic heterocycles. The van der Waals surface area contributed by atoms with Gasteiger partial charge in [-0.1, -0.05) is 200 Å². The lowest BCUT2D eigenvalue weighted by Crippen LogP contribution is -2.61. The lowest BCUT2D eigenvalue weighted by atomic mass is 9.63. The van der Waals surface area contributed by atoms with E-state index in [4.69, 9.17) is 4.74 Å². The number of para-hydroxylation sites is 2. The molecule has 0 saturated carbocycles. The molecular formula is C64H53NO. The standard InChI is InChI=1S/C64H53NO/c1-61-42-23-43-62(2,60(61)66-59-55(61)39-21-40-56(59)64(46-28-11-5-12-29-46)51-35-18-15-32-48(51)49-33-16-19-36-52(49)64)65(47-30-13-6-14-31-47)57-41-22-38-54-58(57)50-34-17-20-37-53(50)63(54,44-24-7-3-8-25-44)45-26-9-4-10-27-45/h3-4,6-11,13-16,18-33,35-42,60H,5,12,17,34,43H2,1-2H3. The van der Waals surface area contributed by atoms with Crippen LogP contribution in [0.1, 0.15) is 90.5 Å². The van der Waals surface area contributed by atoms with E-state index < -0.39 is 21.8 Å². The zero-order valence-corrected chi connectivity index (χ0v) is 37.8. The van der Waals surface area contributed by atoms with Crippen LogP contribution in [0.15, 0.2) is 230 Å². The maximum Gasteiger partial charge on any atom is 0.135 e. The highest BCUT2D eigenvalue weighted by atomic mass is 16.5. The minimum atomic E-state index is -0.533. The Morgan fingerprint density at radius 2 is 1.11 bits per heavy atom. The fraction of sp³-hybridized carbons (Fsp3) is 0.188. The van der Waals surface area contributed by atoms with Gasteiger partial charge in [-0.2, -0.15) is 0 Å². The third kappa shape index (κ3) is 5.13. The summed E-state index contributed by atoms with van der Waals surface area (Å²) < 4.78 is 7.98. The van der Waals surface area contributed by atoms with Crippen molar-refractivity contribution < 1.29 is 4.74 Å². The van der Waals surface area contributed by atoms with Crippen molar-refractivity contribution in [2.24, 2.45) is 0 Å². The summed E-state index contributed by atoms with van der Waals surface area (Å²) in [5.41, 5.74) is 17.7. The van der Waals surface area contributed by atoms with Crippen molar-refractivity contribution in [1.29, 1.82) is 0 Å². The van der Waals surface area contributed by atoms with Crippen molar-refractivity contribution in [2.45, 2.75) is 73.8 Å². The highest BCUT2D eigenvalue weighted by Gasteiger charge is 2.60. The molecule has 1 aliphatic heterocycles. The van der Waals surface area contributed by atoms with E-state index in [9.17, 15) is 0 Å². The lowest BCUT2D eigenvalue weighted by Gasteiger charge is -2.52. The Morgan fingerprint density at radius 1 is 0.515 bits per heavy atom. The molecule has 7 aromatic carbocycles. The van der Waals surface area contributed by atoms with E-state index in [1.165, 1.54) is 83.7 Å². The minimum absolute atomic E-state index is 0.226. The van der Waals surface area contributed by atoms with Crippen LogP contribution in [0.25, 0.3) is 16.7 Å². The van der Waals surface area contributed by atoms with Gasteiger partial charge in [0.25, 0.3) is 0 Å². The molecule has 0 saturated heterocycles. The lowest BCUT2D eigenvalue weighted by molar-refractivity contribution is 0.0903. The zero-order chi connectivity index (χ0) is 44.1. The predicted molar refractivity (Wildman–Crippen MR) is 272 cm³/mol. The quantitative estimate of drug-likeness (QED) is 0.148. The summed E-state index contributed by atoms with van der Waals surface area (Å²) in [7, 11) is 0. The van der Waals surface area contributed by atoms with Crippen molar-refractivity contribution in [3.63, 3.8) is 0 Å². The Labute approximate surface area is 389 Å². The zero-order valence-electron chi connectivity index (χ0n) is 37.8. The number of hydrogen-bond donors (Lipinski definition) is 0. The molecular weight excluding hydrogens is 799 g/mol. The van der Waals surface area contributed by atoms with E-state index in [2.05, 4.69) is 237 Å². The number of nitrogens with zero attached hydrogens (tertiary/aromatic N) is 1. The van der Waals surface area contributed by atoms with Gasteiger partial charge in [-0.15, -0.1) is 0 Å². The third-order valence-electron chi connectivity index (χ3n) is 16.2. The summed E-state index contributed by atoms with van der Waals surface area (Å²) in [4.78, 5) is 2.70. The maximum atomic E-state index is 7.98. The van der Waals surface area contributed by atoms with Crippen LogP contribution in [0.5, 0.6) is 5.75 Å². The van der Waals surface area contributed by atoms with Gasteiger partial charge in [0.05, 0.1) is 21.8 Å². The molecule has 0 fully saturated rings. The van der Waals surface area contributed by atoms with Crippen molar-refractivity contribution >= 4 is 16.9 Å². The SMILES string of the molecule is CC12C=CCC(C)(N(c3ccccc3)c3cccc4c3C3=C(C=CCC3)C4(c3ccccc3)c3ccccc3)C1Oc1c(C3(C4=CCCC=C4)c4ccccc4-c4ccccc43)cccc12. The highest BCUT2D eigenvalue weighted by molar-refractivity contribution is 5.95. The molecule has 1 heterocycles. The van der Waals surface area contributed by atoms with E-state index in [1.54, 1.807) is 0 Å². The second-order valence-electron chi connectivity index (χ2n) is 19.6. The molecule has 66 heavy (non-hydrogen) atoms. The molecule has 0 spiro atoms. The van der Waals surface area contributed by atoms with Gasteiger partial charge < -0.3 is 9.64 Å². The summed E-state index contributed by atoms with van der Waals surface area (Å²) in [5.74, 6) is 1.02. The van der Waals surface area contributed by atoms with Gasteiger partial charge >= 0.3 is 0 Å². The van der Waals surface area contributed by atoms with Gasteiger partial charge in [-0.05, 0) is 120 Å². The van der Waals surface area contributed by atoms with Crippen LogP contribution >= 0.6 is 0 Å². The number of benzene rings is 7. The number of allylic oxidation sites excluding steroid dienone is 8. The second-order valence-corrected chi connectivity index (χ2v) is 19.6. The fourth-order valence-electron chi connectivity index (χ4n) is 13.7. The normalized spacial score (nSPS) is 23.2. The van der Waals surface area contributed by atoms with E-state index in [1.807, 2.05) is 0 Å². The van der Waals surface area contributed by atoms with Crippen LogP contribution in [0.2, 0.25) is 0 Å². The highest BCUT2D eigenvalue weighted by Crippen LogP contribution is 2.65. The molecule has 2 heteroatoms. The maximum absolute atomic E-state index is 7.98. The van der Waals surface area contributed by atoms with Gasteiger partial charge in [-0.3, -0.25) is 0 Å². The van der Waals surface area contributed by atoms with Crippen LogP contribution in [0, 0.1) is 0 Å². The summed E-state index contributed by atoms with van der Waals surface area (Å²) in [6.07, 6.45) is 21.7. The first kappa shape index (κ1) is 39.2. The summed E-state index contributed by atoms with van der Waals surface area (Å²) in [6.45, 7) is 4.91. The summed E-state index contributed by atoms with van der Waals surface area (Å²) in [6, 6.07) is 66.0. The first-order valence-electron chi connectivity index (χ1n) is 24.1. The number of fused-ring (bicyclic) bond motifs is 8. The van der Waals surface area contributed by atoms with E-state index in [-0.39, 0.29) is 6.10 Å². The second kappa shape index (κ2) is 14.7. The first-order valence-corrected chi connectivity index (χ1v) is 24.1. The van der Waals surface area contributed by atoms with E-state index in [0.29, 0.717) is 0 Å². The molecule has 2 nitrogen and oxygen atoms in total. The molecule has 7 aromatic rings. The van der Waals surface area contributed by atoms with Gasteiger partial charge in [-0.25, -0.2) is 0 Å². The Hall–Kier alpha value is -7.16. The van der Waals surface area contributed by atoms with Crippen LogP contribution in [-0.4, -0.2) is 11.6 Å². The van der Waals surface area contributed by atoms with E-state index in [0.717, 1.165) is 37.9 Å². The van der Waals surface area contributed by atoms with Gasteiger partial charge in [0.2, 0.25) is 0 Å². The van der Waals surface area contributed by atoms with E-state index >= 15 is 0 Å². The molecule has 0 bridgehead atoms. The molecule has 0 radical (unpaired) electrons. The Kier molecular flexibility index (Phi) is 8.72. The van der Waals surface area contributed by atoms with Crippen LogP contribution in [0.4, 0.5) is 11.4 Å². The Balaban J connectivity index is 1.04. The van der Waals surface area contributed by atoms with Gasteiger partial charge in [0, 0.05) is 28.1 Å². The number of hydrogen-bond acceptors (Lipinski definition) is 2. The monoisotopic (exact) mass is 851 g/mol. The Morgan fingerprint density at radius 3 is 1.79 bits per heavy atom. The molecule has 3 unspecified atom stereocenters. The number of ether oxygens (including phenoxy) is 1.